The molecule has 1 N–H and O–H groups in total. The summed E-state index contributed by atoms with van der Waals surface area (Å²) in [6.45, 7) is 5.02. The molecule has 1 atom stereocenters. The zero-order valence-corrected chi connectivity index (χ0v) is 13.5. The zero-order valence-electron chi connectivity index (χ0n) is 12.6. The Kier molecular flexibility index (Phi) is 5.17. The Labute approximate surface area is 128 Å². The lowest BCUT2D eigenvalue weighted by Crippen LogP contribution is -2.31. The first-order valence-corrected chi connectivity index (χ1v) is 8.02. The van der Waals surface area contributed by atoms with E-state index in [0.29, 0.717) is 18.3 Å². The van der Waals surface area contributed by atoms with Crippen LogP contribution in [0.15, 0.2) is 0 Å². The second-order valence-corrected chi connectivity index (χ2v) is 6.02. The molecular weight excluding hydrogens is 290 g/mol. The Balaban J connectivity index is 1.98. The number of anilines is 1. The molecule has 1 aromatic heterocycles. The van der Waals surface area contributed by atoms with Crippen molar-refractivity contribution in [2.45, 2.75) is 32.6 Å². The molecule has 0 fully saturated rings. The van der Waals surface area contributed by atoms with E-state index in [-0.39, 0.29) is 24.3 Å². The molecule has 0 aromatic carbocycles. The summed E-state index contributed by atoms with van der Waals surface area (Å²) in [7, 11) is 1.77. The quantitative estimate of drug-likeness (QED) is 0.808. The highest BCUT2D eigenvalue weighted by Crippen LogP contribution is 2.38. The fourth-order valence-corrected chi connectivity index (χ4v) is 3.27. The molecule has 6 nitrogen and oxygen atoms in total. The van der Waals surface area contributed by atoms with Crippen molar-refractivity contribution in [2.75, 3.05) is 32.1 Å². The smallest absolute Gasteiger partial charge is 0.315 e. The first kappa shape index (κ1) is 15.8. The summed E-state index contributed by atoms with van der Waals surface area (Å²) in [4.78, 5) is 30.9. The maximum atomic E-state index is 11.9. The van der Waals surface area contributed by atoms with E-state index < -0.39 is 0 Å². The number of nitrogens with zero attached hydrogens (tertiary/aromatic N) is 2. The minimum Gasteiger partial charge on any atom is -0.465 e. The van der Waals surface area contributed by atoms with Gasteiger partial charge in [0.2, 0.25) is 5.91 Å². The van der Waals surface area contributed by atoms with E-state index in [4.69, 9.17) is 4.74 Å². The van der Waals surface area contributed by atoms with Crippen LogP contribution in [0.4, 0.5) is 5.13 Å². The van der Waals surface area contributed by atoms with Crippen LogP contribution < -0.4 is 5.32 Å². The number of rotatable bonds is 6. The normalized spacial score (nSPS) is 16.4. The SMILES string of the molecule is CCOC(=O)C1CCc2sc(NCC(=O)N(C)CC)nc21. The van der Waals surface area contributed by atoms with Gasteiger partial charge in [-0.15, -0.1) is 11.3 Å². The van der Waals surface area contributed by atoms with Crippen LogP contribution in [0, 0.1) is 0 Å². The van der Waals surface area contributed by atoms with Crippen LogP contribution in [-0.2, 0) is 20.7 Å². The van der Waals surface area contributed by atoms with Crippen LogP contribution in [0.5, 0.6) is 0 Å². The molecule has 7 heteroatoms. The fourth-order valence-electron chi connectivity index (χ4n) is 2.24. The lowest BCUT2D eigenvalue weighted by Gasteiger charge is -2.14. The zero-order chi connectivity index (χ0) is 15.4. The second-order valence-electron chi connectivity index (χ2n) is 4.93. The van der Waals surface area contributed by atoms with E-state index in [1.54, 1.807) is 18.9 Å². The molecule has 1 aliphatic rings. The number of nitrogens with one attached hydrogen (secondary N) is 1. The highest BCUT2D eigenvalue weighted by molar-refractivity contribution is 7.15. The third-order valence-corrected chi connectivity index (χ3v) is 4.67. The number of hydrogen-bond donors (Lipinski definition) is 1. The molecule has 1 aliphatic carbocycles. The van der Waals surface area contributed by atoms with E-state index in [2.05, 4.69) is 10.3 Å². The van der Waals surface area contributed by atoms with Crippen molar-refractivity contribution in [1.29, 1.82) is 0 Å². The minimum absolute atomic E-state index is 0.0230. The van der Waals surface area contributed by atoms with Gasteiger partial charge in [-0.1, -0.05) is 0 Å². The average Bonchev–Trinajstić information content (AvgIpc) is 3.03. The maximum absolute atomic E-state index is 11.9. The number of aryl methyl sites for hydroxylation is 1. The molecule has 0 saturated heterocycles. The number of carbonyl (C=O) groups excluding carboxylic acids is 2. The Morgan fingerprint density at radius 3 is 2.90 bits per heavy atom. The van der Waals surface area contributed by atoms with E-state index >= 15 is 0 Å². The number of carbonyl (C=O) groups is 2. The number of likely N-dealkylation sites (N-methyl/N-ethyl adjacent to an activating group) is 1. The summed E-state index contributed by atoms with van der Waals surface area (Å²) in [5.74, 6) is -0.425. The third kappa shape index (κ3) is 3.53. The molecule has 0 bridgehead atoms. The number of ether oxygens (including phenoxy) is 1. The van der Waals surface area contributed by atoms with Crippen molar-refractivity contribution >= 4 is 28.3 Å². The lowest BCUT2D eigenvalue weighted by atomic mass is 10.1. The van der Waals surface area contributed by atoms with Gasteiger partial charge in [-0.05, 0) is 26.7 Å². The number of esters is 1. The molecule has 1 aromatic rings. The van der Waals surface area contributed by atoms with E-state index in [0.717, 1.165) is 23.4 Å². The molecule has 1 amide bonds. The van der Waals surface area contributed by atoms with Crippen LogP contribution in [0.25, 0.3) is 0 Å². The first-order chi connectivity index (χ1) is 10.1. The monoisotopic (exact) mass is 311 g/mol. The van der Waals surface area contributed by atoms with Gasteiger partial charge >= 0.3 is 5.97 Å². The third-order valence-electron chi connectivity index (χ3n) is 3.58. The summed E-state index contributed by atoms with van der Waals surface area (Å²) in [6, 6.07) is 0. The maximum Gasteiger partial charge on any atom is 0.315 e. The highest BCUT2D eigenvalue weighted by Gasteiger charge is 2.33. The molecule has 116 valence electrons. The molecular formula is C14H21N3O3S. The standard InChI is InChI=1S/C14H21N3O3S/c1-4-17(3)11(18)8-15-14-16-12-9(13(19)20-5-2)6-7-10(12)21-14/h9H,4-8H2,1-3H3,(H,15,16). The van der Waals surface area contributed by atoms with Crippen LogP contribution in [0.2, 0.25) is 0 Å². The van der Waals surface area contributed by atoms with Crippen LogP contribution in [0.1, 0.15) is 36.8 Å². The molecule has 0 saturated carbocycles. The van der Waals surface area contributed by atoms with E-state index in [1.807, 2.05) is 6.92 Å². The number of aromatic nitrogens is 1. The number of fused-ring (bicyclic) bond motifs is 1. The van der Waals surface area contributed by atoms with E-state index in [9.17, 15) is 9.59 Å². The van der Waals surface area contributed by atoms with E-state index in [1.165, 1.54) is 11.3 Å². The Bertz CT molecular complexity index is 530. The Hall–Kier alpha value is -1.63. The molecule has 1 heterocycles. The van der Waals surface area contributed by atoms with Crippen LogP contribution in [-0.4, -0.2) is 48.5 Å². The van der Waals surface area contributed by atoms with Crippen LogP contribution in [0.3, 0.4) is 0 Å². The van der Waals surface area contributed by atoms with Gasteiger partial charge in [0.05, 0.1) is 18.8 Å². The molecule has 0 spiro atoms. The van der Waals surface area contributed by atoms with Crippen molar-refractivity contribution in [1.82, 2.24) is 9.88 Å². The summed E-state index contributed by atoms with van der Waals surface area (Å²) in [6.07, 6.45) is 1.62. The predicted octanol–water partition coefficient (Wildman–Crippen LogP) is 1.63. The largest absolute Gasteiger partial charge is 0.465 e. The molecule has 0 radical (unpaired) electrons. The number of thiazole rings is 1. The predicted molar refractivity (Wildman–Crippen MR) is 81.6 cm³/mol. The second kappa shape index (κ2) is 6.89. The first-order valence-electron chi connectivity index (χ1n) is 7.20. The summed E-state index contributed by atoms with van der Waals surface area (Å²) in [5.41, 5.74) is 0.817. The fraction of sp³-hybridized carbons (Fsp3) is 0.643. The van der Waals surface area contributed by atoms with Crippen LogP contribution >= 0.6 is 11.3 Å². The minimum atomic E-state index is -0.249. The lowest BCUT2D eigenvalue weighted by molar-refractivity contribution is -0.145. The van der Waals surface area contributed by atoms with Gasteiger partial charge in [0.1, 0.15) is 5.92 Å². The number of hydrogen-bond acceptors (Lipinski definition) is 6. The van der Waals surface area contributed by atoms with Crippen molar-refractivity contribution < 1.29 is 14.3 Å². The van der Waals surface area contributed by atoms with Gasteiger partial charge in [-0.25, -0.2) is 4.98 Å². The van der Waals surface area contributed by atoms with Gasteiger partial charge in [0.15, 0.2) is 5.13 Å². The number of amides is 1. The highest BCUT2D eigenvalue weighted by atomic mass is 32.1. The average molecular weight is 311 g/mol. The van der Waals surface area contributed by atoms with Crippen molar-refractivity contribution in [3.63, 3.8) is 0 Å². The van der Waals surface area contributed by atoms with Crippen molar-refractivity contribution in [3.8, 4) is 0 Å². The summed E-state index contributed by atoms with van der Waals surface area (Å²) >= 11 is 1.52. The topological polar surface area (TPSA) is 71.5 Å². The summed E-state index contributed by atoms with van der Waals surface area (Å²) < 4.78 is 5.08. The van der Waals surface area contributed by atoms with Crippen molar-refractivity contribution in [3.05, 3.63) is 10.6 Å². The van der Waals surface area contributed by atoms with Crippen molar-refractivity contribution in [2.24, 2.45) is 0 Å². The molecule has 21 heavy (non-hydrogen) atoms. The molecule has 2 rings (SSSR count). The Morgan fingerprint density at radius 1 is 1.48 bits per heavy atom. The van der Waals surface area contributed by atoms with Gasteiger partial charge in [0.25, 0.3) is 0 Å². The van der Waals surface area contributed by atoms with Gasteiger partial charge in [-0.3, -0.25) is 9.59 Å². The van der Waals surface area contributed by atoms with Gasteiger partial charge in [0, 0.05) is 18.5 Å². The van der Waals surface area contributed by atoms with Gasteiger partial charge < -0.3 is 15.0 Å². The summed E-state index contributed by atoms with van der Waals surface area (Å²) in [5, 5.41) is 3.75. The van der Waals surface area contributed by atoms with Gasteiger partial charge in [-0.2, -0.15) is 0 Å². The molecule has 1 unspecified atom stereocenters. The Morgan fingerprint density at radius 2 is 2.24 bits per heavy atom. The molecule has 0 aliphatic heterocycles.